The molecule has 1 aromatic rings. The number of carbonyl (C=O) groups is 2. The molecule has 1 fully saturated rings. The van der Waals surface area contributed by atoms with Crippen LogP contribution in [0.5, 0.6) is 11.5 Å². The van der Waals surface area contributed by atoms with E-state index in [0.717, 1.165) is 5.56 Å². The Hall–Kier alpha value is -2.29. The van der Waals surface area contributed by atoms with Crippen LogP contribution in [0.1, 0.15) is 24.8 Å². The van der Waals surface area contributed by atoms with Crippen LogP contribution in [-0.4, -0.2) is 70.5 Å². The molecule has 28 heavy (non-hydrogen) atoms. The van der Waals surface area contributed by atoms with E-state index in [0.29, 0.717) is 50.3 Å². The first-order valence-corrected chi connectivity index (χ1v) is 10.9. The van der Waals surface area contributed by atoms with Gasteiger partial charge in [-0.15, -0.1) is 0 Å². The number of aryl methyl sites for hydroxylation is 1. The zero-order chi connectivity index (χ0) is 20.7. The fraction of sp³-hybridized carbons (Fsp3) is 0.579. The lowest BCUT2D eigenvalue weighted by atomic mass is 10.1. The van der Waals surface area contributed by atoms with Crippen LogP contribution in [0.25, 0.3) is 0 Å². The van der Waals surface area contributed by atoms with Crippen molar-refractivity contribution >= 4 is 21.7 Å². The third-order valence-corrected chi connectivity index (χ3v) is 7.17. The molecule has 1 saturated heterocycles. The number of ether oxygens (including phenoxy) is 2. The molecule has 2 rings (SSSR count). The monoisotopic (exact) mass is 412 g/mol. The minimum Gasteiger partial charge on any atom is -0.497 e. The lowest BCUT2D eigenvalue weighted by Crippen LogP contribution is -2.44. The minimum absolute atomic E-state index is 0.0139. The summed E-state index contributed by atoms with van der Waals surface area (Å²) in [6, 6.07) is 5.48. The quantitative estimate of drug-likeness (QED) is 0.677. The van der Waals surface area contributed by atoms with E-state index >= 15 is 0 Å². The van der Waals surface area contributed by atoms with Gasteiger partial charge in [0, 0.05) is 32.6 Å². The highest BCUT2D eigenvalue weighted by Crippen LogP contribution is 2.26. The van der Waals surface area contributed by atoms with Gasteiger partial charge in [-0.3, -0.25) is 9.59 Å². The molecule has 0 saturated carbocycles. The Labute approximate surface area is 166 Å². The summed E-state index contributed by atoms with van der Waals surface area (Å²) >= 11 is 0. The topological polar surface area (TPSA) is 102 Å². The molecule has 1 aliphatic heterocycles. The van der Waals surface area contributed by atoms with Gasteiger partial charge in [0.05, 0.1) is 19.5 Å². The Bertz CT molecular complexity index is 801. The highest BCUT2D eigenvalue weighted by atomic mass is 32.2. The van der Waals surface area contributed by atoms with Crippen LogP contribution in [-0.2, 0) is 25.8 Å². The highest BCUT2D eigenvalue weighted by Gasteiger charge is 2.32. The number of sulfone groups is 1. The molecule has 0 bridgehead atoms. The van der Waals surface area contributed by atoms with E-state index < -0.39 is 26.7 Å². The Morgan fingerprint density at radius 1 is 1.18 bits per heavy atom. The normalized spacial score (nSPS) is 15.2. The summed E-state index contributed by atoms with van der Waals surface area (Å²) in [6.45, 7) is 0.770. The number of nitrogens with zero attached hydrogens (tertiary/aromatic N) is 1. The summed E-state index contributed by atoms with van der Waals surface area (Å²) in [4.78, 5) is 25.6. The first kappa shape index (κ1) is 22.0. The van der Waals surface area contributed by atoms with Gasteiger partial charge in [-0.05, 0) is 30.9 Å². The Morgan fingerprint density at radius 2 is 1.86 bits per heavy atom. The SMILES string of the molecule is CNC(=O)CS(=O)(=O)C1CCN(C(=O)CCc2ccc(OC)cc2OC)CC1. The fourth-order valence-corrected chi connectivity index (χ4v) is 4.97. The number of amides is 2. The van der Waals surface area contributed by atoms with Crippen molar-refractivity contribution in [3.05, 3.63) is 23.8 Å². The van der Waals surface area contributed by atoms with Crippen LogP contribution >= 0.6 is 0 Å². The number of carbonyl (C=O) groups excluding carboxylic acids is 2. The zero-order valence-corrected chi connectivity index (χ0v) is 17.4. The molecule has 8 nitrogen and oxygen atoms in total. The molecule has 0 aliphatic carbocycles. The van der Waals surface area contributed by atoms with Crippen LogP contribution in [0.2, 0.25) is 0 Å². The first-order chi connectivity index (χ1) is 13.3. The molecule has 1 aliphatic rings. The van der Waals surface area contributed by atoms with Gasteiger partial charge >= 0.3 is 0 Å². The van der Waals surface area contributed by atoms with Crippen molar-refractivity contribution in [3.63, 3.8) is 0 Å². The predicted octanol–water partition coefficient (Wildman–Crippen LogP) is 0.788. The number of rotatable bonds is 8. The molecule has 1 heterocycles. The van der Waals surface area contributed by atoms with Gasteiger partial charge in [-0.25, -0.2) is 8.42 Å². The molecular formula is C19H28N2O6S. The van der Waals surface area contributed by atoms with Gasteiger partial charge in [-0.2, -0.15) is 0 Å². The molecule has 0 radical (unpaired) electrons. The second kappa shape index (κ2) is 9.77. The minimum atomic E-state index is -3.49. The first-order valence-electron chi connectivity index (χ1n) is 9.21. The third kappa shape index (κ3) is 5.60. The van der Waals surface area contributed by atoms with E-state index in [1.807, 2.05) is 12.1 Å². The maximum atomic E-state index is 12.5. The molecule has 156 valence electrons. The molecular weight excluding hydrogens is 384 g/mol. The maximum Gasteiger partial charge on any atom is 0.234 e. The average Bonchev–Trinajstić information content (AvgIpc) is 2.71. The van der Waals surface area contributed by atoms with Crippen molar-refractivity contribution in [2.75, 3.05) is 40.1 Å². The van der Waals surface area contributed by atoms with Gasteiger partial charge in [0.2, 0.25) is 11.8 Å². The Balaban J connectivity index is 1.88. The highest BCUT2D eigenvalue weighted by molar-refractivity contribution is 7.92. The number of benzene rings is 1. The number of hydrogen-bond donors (Lipinski definition) is 1. The summed E-state index contributed by atoms with van der Waals surface area (Å²) < 4.78 is 35.1. The average molecular weight is 413 g/mol. The summed E-state index contributed by atoms with van der Waals surface area (Å²) in [5.41, 5.74) is 0.916. The van der Waals surface area contributed by atoms with Gasteiger partial charge in [0.25, 0.3) is 0 Å². The molecule has 0 aromatic heterocycles. The maximum absolute atomic E-state index is 12.5. The van der Waals surface area contributed by atoms with Gasteiger partial charge in [0.15, 0.2) is 9.84 Å². The van der Waals surface area contributed by atoms with E-state index in [1.165, 1.54) is 7.05 Å². The van der Waals surface area contributed by atoms with E-state index in [2.05, 4.69) is 5.32 Å². The molecule has 0 atom stereocenters. The van der Waals surface area contributed by atoms with Crippen LogP contribution in [0, 0.1) is 0 Å². The molecule has 1 aromatic carbocycles. The molecule has 0 unspecified atom stereocenters. The number of hydrogen-bond acceptors (Lipinski definition) is 6. The molecule has 9 heteroatoms. The lowest BCUT2D eigenvalue weighted by Gasteiger charge is -2.31. The second-order valence-corrected chi connectivity index (χ2v) is 9.02. The lowest BCUT2D eigenvalue weighted by molar-refractivity contribution is -0.132. The third-order valence-electron chi connectivity index (χ3n) is 5.02. The zero-order valence-electron chi connectivity index (χ0n) is 16.6. The van der Waals surface area contributed by atoms with E-state index in [-0.39, 0.29) is 5.91 Å². The van der Waals surface area contributed by atoms with Crippen molar-refractivity contribution in [2.24, 2.45) is 0 Å². The summed E-state index contributed by atoms with van der Waals surface area (Å²) in [7, 11) is 1.07. The standard InChI is InChI=1S/C19H28N2O6S/c1-20-18(22)13-28(24,25)16-8-10-21(11-9-16)19(23)7-5-14-4-6-15(26-2)12-17(14)27-3/h4,6,12,16H,5,7-11,13H2,1-3H3,(H,20,22). The van der Waals surface area contributed by atoms with E-state index in [1.54, 1.807) is 25.2 Å². The van der Waals surface area contributed by atoms with Crippen LogP contribution in [0.4, 0.5) is 0 Å². The Morgan fingerprint density at radius 3 is 2.43 bits per heavy atom. The van der Waals surface area contributed by atoms with Crippen molar-refractivity contribution in [1.82, 2.24) is 10.2 Å². The van der Waals surface area contributed by atoms with Gasteiger partial charge in [-0.1, -0.05) is 6.07 Å². The molecule has 2 amide bonds. The smallest absolute Gasteiger partial charge is 0.234 e. The van der Waals surface area contributed by atoms with Crippen molar-refractivity contribution in [1.29, 1.82) is 0 Å². The fourth-order valence-electron chi connectivity index (χ4n) is 3.30. The van der Waals surface area contributed by atoms with E-state index in [4.69, 9.17) is 9.47 Å². The molecule has 0 spiro atoms. The summed E-state index contributed by atoms with van der Waals surface area (Å²) in [5.74, 6) is 0.337. The van der Waals surface area contributed by atoms with Gasteiger partial charge in [0.1, 0.15) is 17.3 Å². The number of piperidine rings is 1. The predicted molar refractivity (Wildman–Crippen MR) is 105 cm³/mol. The largest absolute Gasteiger partial charge is 0.497 e. The second-order valence-electron chi connectivity index (χ2n) is 6.74. The van der Waals surface area contributed by atoms with Crippen molar-refractivity contribution in [3.8, 4) is 11.5 Å². The number of methoxy groups -OCH3 is 2. The van der Waals surface area contributed by atoms with Crippen LogP contribution < -0.4 is 14.8 Å². The van der Waals surface area contributed by atoms with Crippen molar-refractivity contribution in [2.45, 2.75) is 30.9 Å². The number of nitrogens with one attached hydrogen (secondary N) is 1. The molecule has 1 N–H and O–H groups in total. The van der Waals surface area contributed by atoms with Gasteiger partial charge < -0.3 is 19.7 Å². The van der Waals surface area contributed by atoms with Crippen LogP contribution in [0.15, 0.2) is 18.2 Å². The van der Waals surface area contributed by atoms with E-state index in [9.17, 15) is 18.0 Å². The summed E-state index contributed by atoms with van der Waals surface area (Å²) in [5, 5.41) is 1.76. The summed E-state index contributed by atoms with van der Waals surface area (Å²) in [6.07, 6.45) is 1.56. The number of likely N-dealkylation sites (tertiary alicyclic amines) is 1. The Kier molecular flexibility index (Phi) is 7.68. The van der Waals surface area contributed by atoms with Crippen LogP contribution in [0.3, 0.4) is 0 Å². The van der Waals surface area contributed by atoms with Crippen molar-refractivity contribution < 1.29 is 27.5 Å².